The normalized spacial score (nSPS) is 15.3. The number of nitrogens with one attached hydrogen (secondary N) is 1. The maximum Gasteiger partial charge on any atom is 0.240 e. The van der Waals surface area contributed by atoms with Crippen LogP contribution in [0.5, 0.6) is 0 Å². The quantitative estimate of drug-likeness (QED) is 0.710. The molecule has 0 radical (unpaired) electrons. The molecule has 0 heterocycles. The molecule has 0 saturated heterocycles. The van der Waals surface area contributed by atoms with Gasteiger partial charge in [0.2, 0.25) is 10.0 Å². The molecular formula is C11H17BrN2O3S. The van der Waals surface area contributed by atoms with Gasteiger partial charge in [-0.1, -0.05) is 6.92 Å². The number of rotatable bonds is 5. The Kier molecular flexibility index (Phi) is 4.77. The number of hydrogen-bond acceptors (Lipinski definition) is 4. The van der Waals surface area contributed by atoms with E-state index >= 15 is 0 Å². The number of halogens is 1. The first kappa shape index (κ1) is 15.4. The molecule has 0 aliphatic rings. The Bertz CT molecular complexity index is 529. The Morgan fingerprint density at radius 1 is 1.50 bits per heavy atom. The molecule has 0 saturated carbocycles. The van der Waals surface area contributed by atoms with Gasteiger partial charge in [-0.3, -0.25) is 0 Å². The predicted molar refractivity (Wildman–Crippen MR) is 74.7 cm³/mol. The van der Waals surface area contributed by atoms with Crippen molar-refractivity contribution in [1.29, 1.82) is 0 Å². The third-order valence-electron chi connectivity index (χ3n) is 2.69. The van der Waals surface area contributed by atoms with Crippen LogP contribution in [0.15, 0.2) is 27.6 Å². The summed E-state index contributed by atoms with van der Waals surface area (Å²) >= 11 is 3.18. The third kappa shape index (κ3) is 3.94. The van der Waals surface area contributed by atoms with Crippen molar-refractivity contribution in [1.82, 2.24) is 4.72 Å². The fourth-order valence-corrected chi connectivity index (χ4v) is 2.85. The fourth-order valence-electron chi connectivity index (χ4n) is 1.13. The Morgan fingerprint density at radius 3 is 2.61 bits per heavy atom. The van der Waals surface area contributed by atoms with Crippen molar-refractivity contribution in [2.24, 2.45) is 0 Å². The van der Waals surface area contributed by atoms with Crippen LogP contribution in [-0.2, 0) is 10.0 Å². The van der Waals surface area contributed by atoms with Crippen molar-refractivity contribution in [2.45, 2.75) is 30.8 Å². The molecule has 0 bridgehead atoms. The van der Waals surface area contributed by atoms with E-state index in [4.69, 9.17) is 5.73 Å². The van der Waals surface area contributed by atoms with Crippen LogP contribution in [0.1, 0.15) is 20.3 Å². The zero-order valence-electron chi connectivity index (χ0n) is 10.3. The summed E-state index contributed by atoms with van der Waals surface area (Å²) in [5, 5.41) is 9.78. The van der Waals surface area contributed by atoms with Crippen LogP contribution in [0.2, 0.25) is 0 Å². The lowest BCUT2D eigenvalue weighted by Crippen LogP contribution is -2.40. The third-order valence-corrected chi connectivity index (χ3v) is 4.77. The lowest BCUT2D eigenvalue weighted by Gasteiger charge is -2.21. The van der Waals surface area contributed by atoms with Gasteiger partial charge in [0, 0.05) is 16.7 Å². The molecule has 0 aliphatic heterocycles. The van der Waals surface area contributed by atoms with Gasteiger partial charge in [-0.05, 0) is 47.5 Å². The minimum Gasteiger partial charge on any atom is -0.398 e. The van der Waals surface area contributed by atoms with E-state index in [9.17, 15) is 13.5 Å². The van der Waals surface area contributed by atoms with Gasteiger partial charge in [-0.15, -0.1) is 0 Å². The van der Waals surface area contributed by atoms with E-state index < -0.39 is 15.6 Å². The lowest BCUT2D eigenvalue weighted by molar-refractivity contribution is 0.0613. The summed E-state index contributed by atoms with van der Waals surface area (Å²) in [5.74, 6) is 0. The minimum atomic E-state index is -3.64. The Labute approximate surface area is 116 Å². The second-order valence-electron chi connectivity index (χ2n) is 4.36. The summed E-state index contributed by atoms with van der Waals surface area (Å²) in [6, 6.07) is 4.36. The number of hydrogen-bond donors (Lipinski definition) is 3. The lowest BCUT2D eigenvalue weighted by atomic mass is 10.1. The largest absolute Gasteiger partial charge is 0.398 e. The molecule has 5 nitrogen and oxygen atoms in total. The van der Waals surface area contributed by atoms with E-state index in [-0.39, 0.29) is 11.4 Å². The topological polar surface area (TPSA) is 92.4 Å². The van der Waals surface area contributed by atoms with E-state index in [2.05, 4.69) is 20.7 Å². The standard InChI is InChI=1S/C11H17BrN2O3S/c1-3-11(2,15)7-14-18(16,17)8-4-5-10(13)9(12)6-8/h4-6,14-15H,3,7,13H2,1-2H3. The van der Waals surface area contributed by atoms with Crippen molar-refractivity contribution >= 4 is 31.6 Å². The van der Waals surface area contributed by atoms with Crippen molar-refractivity contribution in [2.75, 3.05) is 12.3 Å². The molecule has 1 aromatic carbocycles. The molecule has 1 aromatic rings. The van der Waals surface area contributed by atoms with Gasteiger partial charge < -0.3 is 10.8 Å². The number of anilines is 1. The molecule has 0 aliphatic carbocycles. The van der Waals surface area contributed by atoms with Gasteiger partial charge in [-0.25, -0.2) is 13.1 Å². The highest BCUT2D eigenvalue weighted by Crippen LogP contribution is 2.23. The molecule has 0 amide bonds. The molecule has 1 rings (SSSR count). The number of sulfonamides is 1. The van der Waals surface area contributed by atoms with Gasteiger partial charge in [-0.2, -0.15) is 0 Å². The minimum absolute atomic E-state index is 0.0339. The van der Waals surface area contributed by atoms with Crippen molar-refractivity contribution in [3.05, 3.63) is 22.7 Å². The van der Waals surface area contributed by atoms with E-state index in [0.717, 1.165) is 0 Å². The van der Waals surface area contributed by atoms with Crippen LogP contribution < -0.4 is 10.5 Å². The fraction of sp³-hybridized carbons (Fsp3) is 0.455. The first-order valence-electron chi connectivity index (χ1n) is 5.45. The average Bonchev–Trinajstić information content (AvgIpc) is 2.30. The van der Waals surface area contributed by atoms with Crippen LogP contribution in [0.4, 0.5) is 5.69 Å². The zero-order chi connectivity index (χ0) is 14.0. The van der Waals surface area contributed by atoms with Crippen LogP contribution in [-0.4, -0.2) is 25.7 Å². The highest BCUT2D eigenvalue weighted by Gasteiger charge is 2.22. The molecule has 1 unspecified atom stereocenters. The second-order valence-corrected chi connectivity index (χ2v) is 6.98. The molecule has 0 aromatic heterocycles. The molecule has 0 fully saturated rings. The first-order chi connectivity index (χ1) is 8.18. The smallest absolute Gasteiger partial charge is 0.240 e. The maximum atomic E-state index is 12.0. The van der Waals surface area contributed by atoms with Crippen molar-refractivity contribution in [3.63, 3.8) is 0 Å². The summed E-state index contributed by atoms with van der Waals surface area (Å²) in [6.07, 6.45) is 0.459. The summed E-state index contributed by atoms with van der Waals surface area (Å²) in [5.41, 5.74) is 5.00. The first-order valence-corrected chi connectivity index (χ1v) is 7.72. The molecular weight excluding hydrogens is 320 g/mol. The van der Waals surface area contributed by atoms with Crippen LogP contribution >= 0.6 is 15.9 Å². The molecule has 4 N–H and O–H groups in total. The Balaban J connectivity index is 2.90. The number of aliphatic hydroxyl groups is 1. The molecule has 0 spiro atoms. The van der Waals surface area contributed by atoms with Gasteiger partial charge in [0.05, 0.1) is 10.5 Å². The van der Waals surface area contributed by atoms with Crippen LogP contribution in [0.3, 0.4) is 0 Å². The summed E-state index contributed by atoms with van der Waals surface area (Å²) in [4.78, 5) is 0.107. The van der Waals surface area contributed by atoms with E-state index in [1.165, 1.54) is 18.2 Å². The van der Waals surface area contributed by atoms with E-state index in [1.807, 2.05) is 0 Å². The molecule has 7 heteroatoms. The highest BCUT2D eigenvalue weighted by atomic mass is 79.9. The van der Waals surface area contributed by atoms with Crippen LogP contribution in [0, 0.1) is 0 Å². The van der Waals surface area contributed by atoms with E-state index in [0.29, 0.717) is 16.6 Å². The summed E-state index contributed by atoms with van der Waals surface area (Å²) < 4.78 is 26.8. The molecule has 1 atom stereocenters. The predicted octanol–water partition coefficient (Wildman–Crippen LogP) is 1.47. The SMILES string of the molecule is CCC(C)(O)CNS(=O)(=O)c1ccc(N)c(Br)c1. The van der Waals surface area contributed by atoms with Gasteiger partial charge in [0.15, 0.2) is 0 Å². The van der Waals surface area contributed by atoms with Gasteiger partial charge >= 0.3 is 0 Å². The summed E-state index contributed by atoms with van der Waals surface area (Å²) in [7, 11) is -3.64. The summed E-state index contributed by atoms with van der Waals surface area (Å²) in [6.45, 7) is 3.33. The number of nitrogen functional groups attached to an aromatic ring is 1. The molecule has 102 valence electrons. The van der Waals surface area contributed by atoms with Gasteiger partial charge in [0.1, 0.15) is 0 Å². The van der Waals surface area contributed by atoms with Crippen LogP contribution in [0.25, 0.3) is 0 Å². The highest BCUT2D eigenvalue weighted by molar-refractivity contribution is 9.10. The van der Waals surface area contributed by atoms with Gasteiger partial charge in [0.25, 0.3) is 0 Å². The monoisotopic (exact) mass is 336 g/mol. The second kappa shape index (κ2) is 5.56. The van der Waals surface area contributed by atoms with Crippen molar-refractivity contribution in [3.8, 4) is 0 Å². The van der Waals surface area contributed by atoms with E-state index in [1.54, 1.807) is 13.8 Å². The Morgan fingerprint density at radius 2 is 2.11 bits per heavy atom. The zero-order valence-corrected chi connectivity index (χ0v) is 12.7. The van der Waals surface area contributed by atoms with Crippen molar-refractivity contribution < 1.29 is 13.5 Å². The average molecular weight is 337 g/mol. The Hall–Kier alpha value is -0.630. The molecule has 18 heavy (non-hydrogen) atoms. The maximum absolute atomic E-state index is 12.0. The number of benzene rings is 1. The number of nitrogens with two attached hydrogens (primary N) is 1.